The topological polar surface area (TPSA) is 0 Å². The van der Waals surface area contributed by atoms with Gasteiger partial charge in [-0.3, -0.25) is 0 Å². The van der Waals surface area contributed by atoms with Crippen molar-refractivity contribution in [1.29, 1.82) is 0 Å². The first-order valence-electron chi connectivity index (χ1n) is 8.20. The van der Waals surface area contributed by atoms with E-state index in [2.05, 4.69) is 63.2 Å². The Morgan fingerprint density at radius 1 is 0.810 bits per heavy atom. The Labute approximate surface area is 128 Å². The lowest BCUT2D eigenvalue weighted by Crippen LogP contribution is -1.92. The molecular formula is C21H24. The van der Waals surface area contributed by atoms with Gasteiger partial charge in [0.05, 0.1) is 0 Å². The highest BCUT2D eigenvalue weighted by Gasteiger charge is 2.17. The number of benzene rings is 2. The molecule has 0 fully saturated rings. The maximum absolute atomic E-state index is 2.43. The van der Waals surface area contributed by atoms with Crippen LogP contribution in [0.1, 0.15) is 51.2 Å². The van der Waals surface area contributed by atoms with E-state index >= 15 is 0 Å². The summed E-state index contributed by atoms with van der Waals surface area (Å²) in [7, 11) is 0. The summed E-state index contributed by atoms with van der Waals surface area (Å²) < 4.78 is 0. The molecule has 0 radical (unpaired) electrons. The lowest BCUT2D eigenvalue weighted by Gasteiger charge is -2.13. The zero-order valence-corrected chi connectivity index (χ0v) is 13.4. The molecule has 21 heavy (non-hydrogen) atoms. The second-order valence-electron chi connectivity index (χ2n) is 5.86. The minimum Gasteiger partial charge on any atom is -0.0658 e. The summed E-state index contributed by atoms with van der Waals surface area (Å²) in [6.07, 6.45) is 6.95. The van der Waals surface area contributed by atoms with Crippen LogP contribution in [0, 0.1) is 0 Å². The molecule has 0 aliphatic heterocycles. The number of hydrogen-bond donors (Lipinski definition) is 0. The van der Waals surface area contributed by atoms with Crippen LogP contribution in [0.15, 0.2) is 53.6 Å². The molecule has 1 aliphatic carbocycles. The van der Waals surface area contributed by atoms with Crippen LogP contribution in [0.5, 0.6) is 0 Å². The van der Waals surface area contributed by atoms with E-state index in [9.17, 15) is 0 Å². The molecule has 2 aromatic carbocycles. The average Bonchev–Trinajstić information content (AvgIpc) is 2.97. The smallest absolute Gasteiger partial charge is 0.00551 e. The van der Waals surface area contributed by atoms with E-state index in [1.165, 1.54) is 27.5 Å². The molecule has 0 amide bonds. The monoisotopic (exact) mass is 276 g/mol. The van der Waals surface area contributed by atoms with Gasteiger partial charge in [0.1, 0.15) is 0 Å². The van der Waals surface area contributed by atoms with Crippen LogP contribution in [-0.4, -0.2) is 0 Å². The van der Waals surface area contributed by atoms with Crippen molar-refractivity contribution in [3.05, 3.63) is 64.7 Å². The van der Waals surface area contributed by atoms with Gasteiger partial charge in [0.2, 0.25) is 0 Å². The molecule has 0 saturated heterocycles. The van der Waals surface area contributed by atoms with E-state index in [-0.39, 0.29) is 0 Å². The molecule has 0 bridgehead atoms. The fraction of sp³-hybridized carbons (Fsp3) is 0.333. The molecule has 108 valence electrons. The second-order valence-corrected chi connectivity index (χ2v) is 5.86. The quantitative estimate of drug-likeness (QED) is 0.614. The van der Waals surface area contributed by atoms with Gasteiger partial charge in [0, 0.05) is 0 Å². The Morgan fingerprint density at radius 2 is 1.57 bits per heavy atom. The predicted molar refractivity (Wildman–Crippen MR) is 93.5 cm³/mol. The highest BCUT2D eigenvalue weighted by Crippen LogP contribution is 2.39. The van der Waals surface area contributed by atoms with E-state index in [1.807, 2.05) is 0 Å². The van der Waals surface area contributed by atoms with Gasteiger partial charge in [-0.15, -0.1) is 0 Å². The average molecular weight is 276 g/mol. The second kappa shape index (κ2) is 5.89. The lowest BCUT2D eigenvalue weighted by molar-refractivity contribution is 1.06. The normalized spacial score (nSPS) is 14.9. The highest BCUT2D eigenvalue weighted by atomic mass is 14.2. The predicted octanol–water partition coefficient (Wildman–Crippen LogP) is 6.31. The molecular weight excluding hydrogens is 252 g/mol. The van der Waals surface area contributed by atoms with Crippen molar-refractivity contribution in [3.63, 3.8) is 0 Å². The Morgan fingerprint density at radius 3 is 2.24 bits per heavy atom. The van der Waals surface area contributed by atoms with Gasteiger partial charge >= 0.3 is 0 Å². The molecule has 0 unspecified atom stereocenters. The van der Waals surface area contributed by atoms with Gasteiger partial charge in [0.15, 0.2) is 0 Å². The van der Waals surface area contributed by atoms with Gasteiger partial charge in [0.25, 0.3) is 0 Å². The molecule has 1 aliphatic rings. The Kier molecular flexibility index (Phi) is 3.96. The molecule has 0 atom stereocenters. The van der Waals surface area contributed by atoms with Crippen LogP contribution in [0.2, 0.25) is 0 Å². The van der Waals surface area contributed by atoms with Crippen LogP contribution >= 0.6 is 0 Å². The van der Waals surface area contributed by atoms with Crippen molar-refractivity contribution in [2.45, 2.75) is 46.5 Å². The zero-order valence-electron chi connectivity index (χ0n) is 13.4. The van der Waals surface area contributed by atoms with E-state index < -0.39 is 0 Å². The van der Waals surface area contributed by atoms with Crippen molar-refractivity contribution in [2.75, 3.05) is 0 Å². The zero-order chi connectivity index (χ0) is 14.8. The van der Waals surface area contributed by atoms with E-state index in [0.717, 1.165) is 25.7 Å². The van der Waals surface area contributed by atoms with Crippen molar-refractivity contribution in [1.82, 2.24) is 0 Å². The Balaban J connectivity index is 2.19. The maximum atomic E-state index is 2.43. The standard InChI is InChI=1S/C21H24/c1-4-15-13-17(6-3)21(14-15)20-12-11-16(5-2)18-9-7-8-10-19(18)20/h7-13H,4-6,14H2,1-3H3. The Bertz CT molecular complexity index is 729. The number of fused-ring (bicyclic) bond motifs is 1. The fourth-order valence-corrected chi connectivity index (χ4v) is 3.47. The summed E-state index contributed by atoms with van der Waals surface area (Å²) in [5.74, 6) is 0. The number of rotatable bonds is 4. The van der Waals surface area contributed by atoms with Crippen LogP contribution in [0.3, 0.4) is 0 Å². The fourth-order valence-electron chi connectivity index (χ4n) is 3.47. The lowest BCUT2D eigenvalue weighted by atomic mass is 9.91. The molecule has 2 aromatic rings. The Hall–Kier alpha value is -1.82. The van der Waals surface area contributed by atoms with Crippen molar-refractivity contribution < 1.29 is 0 Å². The SMILES string of the molecule is CCC1=CC(CC)=C(c2ccc(CC)c3ccccc23)C1. The molecule has 0 aromatic heterocycles. The van der Waals surface area contributed by atoms with Crippen molar-refractivity contribution in [2.24, 2.45) is 0 Å². The molecule has 0 saturated carbocycles. The first-order chi connectivity index (χ1) is 10.3. The molecule has 3 rings (SSSR count). The minimum absolute atomic E-state index is 1.10. The van der Waals surface area contributed by atoms with Gasteiger partial charge in [-0.2, -0.15) is 0 Å². The third-order valence-electron chi connectivity index (χ3n) is 4.73. The van der Waals surface area contributed by atoms with Crippen molar-refractivity contribution >= 4 is 16.3 Å². The summed E-state index contributed by atoms with van der Waals surface area (Å²) in [6, 6.07) is 13.5. The minimum atomic E-state index is 1.10. The van der Waals surface area contributed by atoms with Crippen LogP contribution in [-0.2, 0) is 6.42 Å². The van der Waals surface area contributed by atoms with Gasteiger partial charge in [-0.1, -0.05) is 68.8 Å². The van der Waals surface area contributed by atoms with E-state index in [4.69, 9.17) is 0 Å². The number of hydrogen-bond acceptors (Lipinski definition) is 0. The first kappa shape index (κ1) is 14.1. The van der Waals surface area contributed by atoms with E-state index in [1.54, 1.807) is 11.1 Å². The largest absolute Gasteiger partial charge is 0.0658 e. The molecule has 0 spiro atoms. The highest BCUT2D eigenvalue weighted by molar-refractivity contribution is 5.97. The molecule has 0 heterocycles. The summed E-state index contributed by atoms with van der Waals surface area (Å²) in [5, 5.41) is 2.84. The van der Waals surface area contributed by atoms with Crippen molar-refractivity contribution in [3.8, 4) is 0 Å². The van der Waals surface area contributed by atoms with Crippen LogP contribution < -0.4 is 0 Å². The summed E-state index contributed by atoms with van der Waals surface area (Å²) >= 11 is 0. The third kappa shape index (κ3) is 2.44. The van der Waals surface area contributed by atoms with E-state index in [0.29, 0.717) is 0 Å². The van der Waals surface area contributed by atoms with Gasteiger partial charge in [-0.05, 0) is 58.7 Å². The van der Waals surface area contributed by atoms with Gasteiger partial charge in [-0.25, -0.2) is 0 Å². The van der Waals surface area contributed by atoms with Gasteiger partial charge < -0.3 is 0 Å². The van der Waals surface area contributed by atoms with Crippen LogP contribution in [0.4, 0.5) is 0 Å². The maximum Gasteiger partial charge on any atom is -0.00551 e. The summed E-state index contributed by atoms with van der Waals surface area (Å²) in [5.41, 5.74) is 7.55. The summed E-state index contributed by atoms with van der Waals surface area (Å²) in [4.78, 5) is 0. The molecule has 0 N–H and O–H groups in total. The molecule has 0 heteroatoms. The summed E-state index contributed by atoms with van der Waals surface area (Å²) in [6.45, 7) is 6.78. The third-order valence-corrected chi connectivity index (χ3v) is 4.73. The molecule has 0 nitrogen and oxygen atoms in total. The van der Waals surface area contributed by atoms with Crippen LogP contribution in [0.25, 0.3) is 16.3 Å². The number of allylic oxidation sites excluding steroid dienone is 4. The first-order valence-corrected chi connectivity index (χ1v) is 8.20. The number of aryl methyl sites for hydroxylation is 1.